The third-order valence-electron chi connectivity index (χ3n) is 3.33. The Morgan fingerprint density at radius 1 is 1.33 bits per heavy atom. The minimum absolute atomic E-state index is 0.0862. The molecule has 0 saturated heterocycles. The van der Waals surface area contributed by atoms with Gasteiger partial charge in [0.1, 0.15) is 0 Å². The largest absolute Gasteiger partial charge is 0.356 e. The number of hydrogen-bond donors (Lipinski definition) is 1. The molecule has 0 spiro atoms. The highest BCUT2D eigenvalue weighted by atomic mass is 35.5. The van der Waals surface area contributed by atoms with E-state index in [2.05, 4.69) is 5.32 Å². The molecule has 2 atom stereocenters. The molecule has 1 rings (SSSR count). The minimum Gasteiger partial charge on any atom is -0.356 e. The Bertz CT molecular complexity index is 206. The molecule has 0 bridgehead atoms. The molecule has 1 saturated carbocycles. The van der Waals surface area contributed by atoms with Gasteiger partial charge < -0.3 is 5.32 Å². The van der Waals surface area contributed by atoms with Crippen LogP contribution in [-0.2, 0) is 4.79 Å². The normalized spacial score (nSPS) is 26.7. The van der Waals surface area contributed by atoms with Gasteiger partial charge >= 0.3 is 0 Å². The van der Waals surface area contributed by atoms with Crippen LogP contribution < -0.4 is 5.32 Å². The SMILES string of the molecule is CC(C)C(=O)NCC1CCCCC1CCl. The van der Waals surface area contributed by atoms with E-state index >= 15 is 0 Å². The summed E-state index contributed by atoms with van der Waals surface area (Å²) in [6.45, 7) is 4.67. The number of amides is 1. The van der Waals surface area contributed by atoms with Crippen molar-refractivity contribution in [2.45, 2.75) is 39.5 Å². The summed E-state index contributed by atoms with van der Waals surface area (Å²) in [5.74, 6) is 2.19. The molecule has 1 aliphatic carbocycles. The van der Waals surface area contributed by atoms with E-state index in [1.165, 1.54) is 25.7 Å². The third kappa shape index (κ3) is 4.02. The Morgan fingerprint density at radius 2 is 1.93 bits per heavy atom. The van der Waals surface area contributed by atoms with Gasteiger partial charge in [0.2, 0.25) is 5.91 Å². The van der Waals surface area contributed by atoms with Crippen molar-refractivity contribution in [3.63, 3.8) is 0 Å². The molecule has 0 heterocycles. The second-order valence-electron chi connectivity index (χ2n) is 4.86. The maximum atomic E-state index is 11.4. The second-order valence-corrected chi connectivity index (χ2v) is 5.17. The van der Waals surface area contributed by atoms with Gasteiger partial charge in [-0.25, -0.2) is 0 Å². The van der Waals surface area contributed by atoms with Crippen molar-refractivity contribution in [2.24, 2.45) is 17.8 Å². The fourth-order valence-electron chi connectivity index (χ4n) is 2.19. The Kier molecular flexibility index (Phi) is 5.44. The number of nitrogens with one attached hydrogen (secondary N) is 1. The molecule has 0 aromatic carbocycles. The van der Waals surface area contributed by atoms with Crippen molar-refractivity contribution >= 4 is 17.5 Å². The summed E-state index contributed by atoms with van der Waals surface area (Å²) >= 11 is 5.94. The van der Waals surface area contributed by atoms with E-state index in [-0.39, 0.29) is 11.8 Å². The molecule has 15 heavy (non-hydrogen) atoms. The van der Waals surface area contributed by atoms with Gasteiger partial charge in [-0.2, -0.15) is 0 Å². The first kappa shape index (κ1) is 12.8. The monoisotopic (exact) mass is 231 g/mol. The standard InChI is InChI=1S/C12H22ClNO/c1-9(2)12(15)14-8-11-6-4-3-5-10(11)7-13/h9-11H,3-8H2,1-2H3,(H,14,15). The zero-order chi connectivity index (χ0) is 11.3. The lowest BCUT2D eigenvalue weighted by Gasteiger charge is -2.30. The van der Waals surface area contributed by atoms with Crippen LogP contribution in [0, 0.1) is 17.8 Å². The van der Waals surface area contributed by atoms with Crippen molar-refractivity contribution in [1.29, 1.82) is 0 Å². The first-order valence-electron chi connectivity index (χ1n) is 5.98. The van der Waals surface area contributed by atoms with E-state index in [0.29, 0.717) is 11.8 Å². The fraction of sp³-hybridized carbons (Fsp3) is 0.917. The molecule has 2 nitrogen and oxygen atoms in total. The summed E-state index contributed by atoms with van der Waals surface area (Å²) in [6.07, 6.45) is 5.03. The van der Waals surface area contributed by atoms with Crippen LogP contribution in [0.3, 0.4) is 0 Å². The highest BCUT2D eigenvalue weighted by Crippen LogP contribution is 2.30. The molecule has 0 aromatic heterocycles. The summed E-state index contributed by atoms with van der Waals surface area (Å²) in [5.41, 5.74) is 0. The molecule has 3 heteroatoms. The fourth-order valence-corrected chi connectivity index (χ4v) is 2.60. The third-order valence-corrected chi connectivity index (χ3v) is 3.72. The van der Waals surface area contributed by atoms with Gasteiger partial charge in [0.05, 0.1) is 0 Å². The number of carbonyl (C=O) groups excluding carboxylic acids is 1. The maximum absolute atomic E-state index is 11.4. The molecular weight excluding hydrogens is 210 g/mol. The highest BCUT2D eigenvalue weighted by Gasteiger charge is 2.24. The zero-order valence-electron chi connectivity index (χ0n) is 9.76. The van der Waals surface area contributed by atoms with Crippen molar-refractivity contribution < 1.29 is 4.79 Å². The van der Waals surface area contributed by atoms with Crippen LogP contribution in [0.2, 0.25) is 0 Å². The van der Waals surface area contributed by atoms with Gasteiger partial charge in [-0.15, -0.1) is 11.6 Å². The highest BCUT2D eigenvalue weighted by molar-refractivity contribution is 6.18. The predicted molar refractivity (Wildman–Crippen MR) is 64.0 cm³/mol. The smallest absolute Gasteiger partial charge is 0.222 e. The Morgan fingerprint density at radius 3 is 2.47 bits per heavy atom. The molecule has 0 aliphatic heterocycles. The molecular formula is C12H22ClNO. The van der Waals surface area contributed by atoms with E-state index in [9.17, 15) is 4.79 Å². The van der Waals surface area contributed by atoms with E-state index < -0.39 is 0 Å². The summed E-state index contributed by atoms with van der Waals surface area (Å²) in [4.78, 5) is 11.4. The average Bonchev–Trinajstić information content (AvgIpc) is 2.26. The van der Waals surface area contributed by atoms with Crippen LogP contribution in [0.4, 0.5) is 0 Å². The van der Waals surface area contributed by atoms with Gasteiger partial charge in [-0.05, 0) is 24.7 Å². The second kappa shape index (κ2) is 6.37. The van der Waals surface area contributed by atoms with Gasteiger partial charge in [-0.1, -0.05) is 26.7 Å². The molecule has 1 fully saturated rings. The van der Waals surface area contributed by atoms with Gasteiger partial charge in [0, 0.05) is 18.3 Å². The van der Waals surface area contributed by atoms with E-state index in [4.69, 9.17) is 11.6 Å². The van der Waals surface area contributed by atoms with Crippen LogP contribution in [-0.4, -0.2) is 18.3 Å². The Hall–Kier alpha value is -0.240. The molecule has 1 N–H and O–H groups in total. The van der Waals surface area contributed by atoms with E-state index in [1.807, 2.05) is 13.8 Å². The van der Waals surface area contributed by atoms with Crippen LogP contribution >= 0.6 is 11.6 Å². The van der Waals surface area contributed by atoms with Gasteiger partial charge in [0.15, 0.2) is 0 Å². The first-order valence-corrected chi connectivity index (χ1v) is 6.52. The average molecular weight is 232 g/mol. The number of hydrogen-bond acceptors (Lipinski definition) is 1. The molecule has 88 valence electrons. The predicted octanol–water partition coefficient (Wildman–Crippen LogP) is 2.80. The Balaban J connectivity index is 2.32. The molecule has 1 aliphatic rings. The maximum Gasteiger partial charge on any atom is 0.222 e. The summed E-state index contributed by atoms with van der Waals surface area (Å²) in [5, 5.41) is 3.02. The quantitative estimate of drug-likeness (QED) is 0.741. The van der Waals surface area contributed by atoms with Gasteiger partial charge in [0.25, 0.3) is 0 Å². The summed E-state index contributed by atoms with van der Waals surface area (Å²) < 4.78 is 0. The van der Waals surface area contributed by atoms with Crippen LogP contribution in [0.5, 0.6) is 0 Å². The summed E-state index contributed by atoms with van der Waals surface area (Å²) in [7, 11) is 0. The number of rotatable bonds is 4. The lowest BCUT2D eigenvalue weighted by atomic mass is 9.80. The first-order chi connectivity index (χ1) is 7.15. The van der Waals surface area contributed by atoms with Crippen LogP contribution in [0.25, 0.3) is 0 Å². The summed E-state index contributed by atoms with van der Waals surface area (Å²) in [6, 6.07) is 0. The minimum atomic E-state index is 0.0862. The van der Waals surface area contributed by atoms with Crippen molar-refractivity contribution in [1.82, 2.24) is 5.32 Å². The van der Waals surface area contributed by atoms with E-state index in [1.54, 1.807) is 0 Å². The number of carbonyl (C=O) groups is 1. The van der Waals surface area contributed by atoms with Gasteiger partial charge in [-0.3, -0.25) is 4.79 Å². The van der Waals surface area contributed by atoms with E-state index in [0.717, 1.165) is 12.4 Å². The van der Waals surface area contributed by atoms with Crippen molar-refractivity contribution in [3.05, 3.63) is 0 Å². The lowest BCUT2D eigenvalue weighted by Crippen LogP contribution is -2.36. The Labute approximate surface area is 97.8 Å². The van der Waals surface area contributed by atoms with Crippen LogP contribution in [0.15, 0.2) is 0 Å². The topological polar surface area (TPSA) is 29.1 Å². The number of halogens is 1. The molecule has 0 aromatic rings. The van der Waals surface area contributed by atoms with Crippen molar-refractivity contribution in [2.75, 3.05) is 12.4 Å². The van der Waals surface area contributed by atoms with Crippen molar-refractivity contribution in [3.8, 4) is 0 Å². The van der Waals surface area contributed by atoms with Crippen LogP contribution in [0.1, 0.15) is 39.5 Å². The number of alkyl halides is 1. The zero-order valence-corrected chi connectivity index (χ0v) is 10.5. The molecule has 2 unspecified atom stereocenters. The molecule has 0 radical (unpaired) electrons. The lowest BCUT2D eigenvalue weighted by molar-refractivity contribution is -0.124. The molecule has 1 amide bonds.